The van der Waals surface area contributed by atoms with Gasteiger partial charge in [0, 0.05) is 23.4 Å². The molecule has 0 bridgehead atoms. The molecule has 1 aliphatic heterocycles. The molecule has 5 rings (SSSR count). The molecule has 0 atom stereocenters. The van der Waals surface area contributed by atoms with Gasteiger partial charge in [-0.2, -0.15) is 5.10 Å². The number of rotatable bonds is 6. The number of hydrogen-bond donors (Lipinski definition) is 2. The number of nitrogens with zero attached hydrogens (tertiary/aromatic N) is 2. The Kier molecular flexibility index (Phi) is 5.54. The third-order valence-electron chi connectivity index (χ3n) is 5.58. The van der Waals surface area contributed by atoms with Crippen molar-refractivity contribution < 1.29 is 4.79 Å². The topological polar surface area (TPSA) is 61.0 Å². The van der Waals surface area contributed by atoms with Gasteiger partial charge in [0.2, 0.25) is 5.91 Å². The van der Waals surface area contributed by atoms with Crippen LogP contribution in [-0.2, 0) is 11.2 Å². The van der Waals surface area contributed by atoms with Gasteiger partial charge in [-0.3, -0.25) is 9.89 Å². The molecule has 1 saturated heterocycles. The van der Waals surface area contributed by atoms with Gasteiger partial charge in [-0.05, 0) is 48.1 Å². The summed E-state index contributed by atoms with van der Waals surface area (Å²) in [6, 6.07) is 18.3. The quantitative estimate of drug-likeness (QED) is 0.422. The average molecular weight is 429 g/mol. The molecule has 0 unspecified atom stereocenters. The molecule has 0 aliphatic carbocycles. The first-order valence-electron chi connectivity index (χ1n) is 10.6. The van der Waals surface area contributed by atoms with Crippen molar-refractivity contribution in [3.8, 4) is 0 Å². The lowest BCUT2D eigenvalue weighted by Gasteiger charge is -2.22. The number of carbonyl (C=O) groups is 1. The van der Waals surface area contributed by atoms with Crippen molar-refractivity contribution in [2.75, 3.05) is 23.3 Å². The Balaban J connectivity index is 1.48. The van der Waals surface area contributed by atoms with Crippen LogP contribution in [0.4, 0.5) is 11.4 Å². The van der Waals surface area contributed by atoms with Crippen LogP contribution in [0.25, 0.3) is 23.1 Å². The van der Waals surface area contributed by atoms with Gasteiger partial charge in [-0.15, -0.1) is 11.3 Å². The third kappa shape index (κ3) is 4.39. The van der Waals surface area contributed by atoms with Crippen molar-refractivity contribution in [3.05, 3.63) is 76.1 Å². The summed E-state index contributed by atoms with van der Waals surface area (Å²) in [5.41, 5.74) is 4.88. The fraction of sp³-hybridized carbons (Fsp3) is 0.200. The predicted octanol–water partition coefficient (Wildman–Crippen LogP) is 5.58. The zero-order chi connectivity index (χ0) is 21.0. The highest BCUT2D eigenvalue weighted by Gasteiger charge is 2.19. The predicted molar refractivity (Wildman–Crippen MR) is 130 cm³/mol. The highest BCUT2D eigenvalue weighted by molar-refractivity contribution is 7.10. The van der Waals surface area contributed by atoms with Crippen LogP contribution in [0.2, 0.25) is 0 Å². The van der Waals surface area contributed by atoms with Gasteiger partial charge < -0.3 is 10.2 Å². The van der Waals surface area contributed by atoms with Gasteiger partial charge >= 0.3 is 0 Å². The molecule has 0 radical (unpaired) electrons. The van der Waals surface area contributed by atoms with E-state index in [9.17, 15) is 4.79 Å². The summed E-state index contributed by atoms with van der Waals surface area (Å²) >= 11 is 1.61. The molecule has 4 aromatic rings. The minimum Gasteiger partial charge on any atom is -0.370 e. The molecular weight excluding hydrogens is 404 g/mol. The molecule has 31 heavy (non-hydrogen) atoms. The fourth-order valence-corrected chi connectivity index (χ4v) is 4.73. The normalized spacial score (nSPS) is 14.0. The number of benzene rings is 2. The van der Waals surface area contributed by atoms with Crippen LogP contribution >= 0.6 is 11.3 Å². The molecule has 0 spiro atoms. The molecule has 3 heterocycles. The van der Waals surface area contributed by atoms with Crippen LogP contribution < -0.4 is 10.2 Å². The van der Waals surface area contributed by atoms with E-state index >= 15 is 0 Å². The molecule has 2 N–H and O–H groups in total. The van der Waals surface area contributed by atoms with E-state index in [1.807, 2.05) is 41.8 Å². The number of thiophene rings is 1. The van der Waals surface area contributed by atoms with Crippen molar-refractivity contribution in [3.63, 3.8) is 0 Å². The molecule has 6 heteroatoms. The minimum atomic E-state index is 0.00659. The maximum Gasteiger partial charge on any atom is 0.229 e. The molecule has 0 saturated carbocycles. The number of aromatic amines is 1. The van der Waals surface area contributed by atoms with Crippen LogP contribution in [0.1, 0.15) is 29.0 Å². The molecule has 1 aliphatic rings. The first kappa shape index (κ1) is 19.6. The summed E-state index contributed by atoms with van der Waals surface area (Å²) in [4.78, 5) is 16.2. The summed E-state index contributed by atoms with van der Waals surface area (Å²) in [5, 5.41) is 13.9. The van der Waals surface area contributed by atoms with Crippen molar-refractivity contribution in [2.24, 2.45) is 0 Å². The third-order valence-corrected chi connectivity index (χ3v) is 6.45. The van der Waals surface area contributed by atoms with E-state index in [4.69, 9.17) is 0 Å². The molecule has 5 nitrogen and oxygen atoms in total. The van der Waals surface area contributed by atoms with Crippen LogP contribution in [0.3, 0.4) is 0 Å². The summed E-state index contributed by atoms with van der Waals surface area (Å²) in [5.74, 6) is 0.00659. The van der Waals surface area contributed by atoms with E-state index in [2.05, 4.69) is 50.8 Å². The highest BCUT2D eigenvalue weighted by Crippen LogP contribution is 2.34. The Morgan fingerprint density at radius 3 is 2.71 bits per heavy atom. The summed E-state index contributed by atoms with van der Waals surface area (Å²) in [6.07, 6.45) is 6.81. The number of fused-ring (bicyclic) bond motifs is 1. The Labute approximate surface area is 185 Å². The van der Waals surface area contributed by atoms with E-state index in [-0.39, 0.29) is 5.91 Å². The molecular formula is C25H24N4OS. The molecule has 1 amide bonds. The Morgan fingerprint density at radius 1 is 1.10 bits per heavy atom. The van der Waals surface area contributed by atoms with Gasteiger partial charge in [-0.1, -0.05) is 42.5 Å². The maximum absolute atomic E-state index is 12.8. The average Bonchev–Trinajstić information content (AvgIpc) is 3.55. The standard InChI is InChI=1S/C25H24N4OS/c30-25(15-19-9-6-14-31-19)26-23-16-20-21(11-10-18-7-2-1-3-8-18)27-28-22(20)17-24(23)29-12-4-5-13-29/h1-3,6-11,14,16-17H,4-5,12-13,15H2,(H,26,30)(H,27,28)/b11-10+. The molecule has 2 aromatic carbocycles. The van der Waals surface area contributed by atoms with Crippen molar-refractivity contribution in [2.45, 2.75) is 19.3 Å². The van der Waals surface area contributed by atoms with Crippen LogP contribution in [0, 0.1) is 0 Å². The monoisotopic (exact) mass is 428 g/mol. The second-order valence-corrected chi connectivity index (χ2v) is 8.80. The Hall–Kier alpha value is -3.38. The first-order chi connectivity index (χ1) is 15.3. The van der Waals surface area contributed by atoms with E-state index in [1.165, 1.54) is 12.8 Å². The molecule has 1 fully saturated rings. The number of H-pyrrole nitrogens is 1. The smallest absolute Gasteiger partial charge is 0.229 e. The summed E-state index contributed by atoms with van der Waals surface area (Å²) in [6.45, 7) is 2.02. The van der Waals surface area contributed by atoms with E-state index in [0.717, 1.165) is 51.5 Å². The van der Waals surface area contributed by atoms with Crippen LogP contribution in [0.15, 0.2) is 60.0 Å². The maximum atomic E-state index is 12.8. The lowest BCUT2D eigenvalue weighted by atomic mass is 10.1. The van der Waals surface area contributed by atoms with Crippen LogP contribution in [0.5, 0.6) is 0 Å². The van der Waals surface area contributed by atoms with Gasteiger partial charge in [0.25, 0.3) is 0 Å². The van der Waals surface area contributed by atoms with Crippen molar-refractivity contribution >= 4 is 51.7 Å². The minimum absolute atomic E-state index is 0.00659. The van der Waals surface area contributed by atoms with E-state index in [1.54, 1.807) is 11.3 Å². The van der Waals surface area contributed by atoms with Crippen molar-refractivity contribution in [1.82, 2.24) is 10.2 Å². The second kappa shape index (κ2) is 8.78. The largest absolute Gasteiger partial charge is 0.370 e. The number of carbonyl (C=O) groups excluding carboxylic acids is 1. The lowest BCUT2D eigenvalue weighted by molar-refractivity contribution is -0.115. The second-order valence-electron chi connectivity index (χ2n) is 7.77. The van der Waals surface area contributed by atoms with E-state index < -0.39 is 0 Å². The van der Waals surface area contributed by atoms with Gasteiger partial charge in [0.05, 0.1) is 29.0 Å². The number of anilines is 2. The van der Waals surface area contributed by atoms with Gasteiger partial charge in [0.1, 0.15) is 0 Å². The zero-order valence-corrected chi connectivity index (χ0v) is 18.0. The molecule has 156 valence electrons. The highest BCUT2D eigenvalue weighted by atomic mass is 32.1. The Bertz CT molecular complexity index is 1210. The Morgan fingerprint density at radius 2 is 1.94 bits per heavy atom. The number of amides is 1. The van der Waals surface area contributed by atoms with Gasteiger partial charge in [-0.25, -0.2) is 0 Å². The van der Waals surface area contributed by atoms with Crippen molar-refractivity contribution in [1.29, 1.82) is 0 Å². The first-order valence-corrected chi connectivity index (χ1v) is 11.5. The van der Waals surface area contributed by atoms with Gasteiger partial charge in [0.15, 0.2) is 0 Å². The SMILES string of the molecule is O=C(Cc1cccs1)Nc1cc2c(/C=C/c3ccccc3)n[nH]c2cc1N1CCCC1. The number of aromatic nitrogens is 2. The van der Waals surface area contributed by atoms with E-state index in [0.29, 0.717) is 6.42 Å². The fourth-order valence-electron chi connectivity index (χ4n) is 4.03. The zero-order valence-electron chi connectivity index (χ0n) is 17.2. The number of nitrogens with one attached hydrogen (secondary N) is 2. The summed E-state index contributed by atoms with van der Waals surface area (Å²) in [7, 11) is 0. The molecule has 2 aromatic heterocycles. The number of hydrogen-bond acceptors (Lipinski definition) is 4. The summed E-state index contributed by atoms with van der Waals surface area (Å²) < 4.78 is 0. The van der Waals surface area contributed by atoms with Crippen LogP contribution in [-0.4, -0.2) is 29.2 Å². The lowest BCUT2D eigenvalue weighted by Crippen LogP contribution is -2.21.